The second kappa shape index (κ2) is 11.0. The van der Waals surface area contributed by atoms with E-state index in [0.717, 1.165) is 11.1 Å². The molecule has 2 aromatic rings. The molecule has 9 heteroatoms. The van der Waals surface area contributed by atoms with E-state index in [1.165, 1.54) is 19.2 Å². The molecular weight excluding hydrogens is 401 g/mol. The molecule has 1 heterocycles. The fourth-order valence-corrected chi connectivity index (χ4v) is 2.31. The van der Waals surface area contributed by atoms with Crippen molar-refractivity contribution in [1.82, 2.24) is 10.5 Å². The molecule has 30 heavy (non-hydrogen) atoms. The van der Waals surface area contributed by atoms with E-state index in [2.05, 4.69) is 21.8 Å². The monoisotopic (exact) mass is 422 g/mol. The lowest BCUT2D eigenvalue weighted by Crippen LogP contribution is -2.24. The van der Waals surface area contributed by atoms with E-state index >= 15 is 0 Å². The third-order valence-corrected chi connectivity index (χ3v) is 3.64. The number of hydrogen-bond acceptors (Lipinski definition) is 5. The molecule has 0 aliphatic heterocycles. The first kappa shape index (κ1) is 23.0. The summed E-state index contributed by atoms with van der Waals surface area (Å²) in [5, 5.41) is 0. The zero-order valence-corrected chi connectivity index (χ0v) is 16.2. The van der Waals surface area contributed by atoms with Crippen molar-refractivity contribution in [3.05, 3.63) is 84.1 Å². The smallest absolute Gasteiger partial charge is 0.452 e. The van der Waals surface area contributed by atoms with Gasteiger partial charge in [0, 0.05) is 6.20 Å². The number of carbonyl (C=O) groups excluding carboxylic acids is 1. The number of allylic oxidation sites excluding steroid dienone is 1. The molecule has 2 rings (SSSR count). The molecule has 0 atom stereocenters. The molecule has 0 spiro atoms. The van der Waals surface area contributed by atoms with Crippen molar-refractivity contribution in [3.63, 3.8) is 0 Å². The van der Waals surface area contributed by atoms with Gasteiger partial charge in [-0.1, -0.05) is 18.2 Å². The molecule has 1 amide bonds. The minimum absolute atomic E-state index is 0.125. The number of rotatable bonds is 10. The Balaban J connectivity index is 2.01. The van der Waals surface area contributed by atoms with E-state index in [4.69, 9.17) is 9.57 Å². The van der Waals surface area contributed by atoms with Crippen molar-refractivity contribution in [3.8, 4) is 5.75 Å². The number of amides is 1. The highest BCUT2D eigenvalue weighted by molar-refractivity contribution is 5.91. The van der Waals surface area contributed by atoms with Crippen LogP contribution in [0.5, 0.6) is 5.75 Å². The van der Waals surface area contributed by atoms with Crippen LogP contribution in [-0.4, -0.2) is 30.3 Å². The van der Waals surface area contributed by atoms with Gasteiger partial charge in [0.2, 0.25) is 5.76 Å². The highest BCUT2D eigenvalue weighted by Crippen LogP contribution is 2.27. The summed E-state index contributed by atoms with van der Waals surface area (Å²) in [6.45, 7) is 4.98. The Labute approximate surface area is 171 Å². The third kappa shape index (κ3) is 7.25. The Hall–Kier alpha value is -3.33. The van der Waals surface area contributed by atoms with Crippen molar-refractivity contribution in [2.45, 2.75) is 19.5 Å². The average Bonchev–Trinajstić information content (AvgIpc) is 2.71. The van der Waals surface area contributed by atoms with Crippen molar-refractivity contribution in [1.29, 1.82) is 0 Å². The number of hydroxylamine groups is 1. The highest BCUT2D eigenvalue weighted by atomic mass is 19.4. The van der Waals surface area contributed by atoms with Crippen molar-refractivity contribution < 1.29 is 32.3 Å². The van der Waals surface area contributed by atoms with Crippen LogP contribution in [0.1, 0.15) is 28.5 Å². The molecule has 0 saturated carbocycles. The second-order valence-corrected chi connectivity index (χ2v) is 5.93. The predicted molar refractivity (Wildman–Crippen MR) is 103 cm³/mol. The van der Waals surface area contributed by atoms with Crippen LogP contribution < -0.4 is 10.2 Å². The Morgan fingerprint density at radius 2 is 1.93 bits per heavy atom. The Kier molecular flexibility index (Phi) is 8.42. The van der Waals surface area contributed by atoms with E-state index < -0.39 is 17.8 Å². The Bertz CT molecular complexity index is 881. The van der Waals surface area contributed by atoms with Crippen molar-refractivity contribution in [2.24, 2.45) is 0 Å². The SMILES string of the molecule is C=CCONC(=O)c1cc(Cc2ccc(O/C=C(\OCC)C(F)(F)F)cc2)ccn1. The lowest BCUT2D eigenvalue weighted by Gasteiger charge is -2.12. The number of hydrogen-bond donors (Lipinski definition) is 1. The summed E-state index contributed by atoms with van der Waals surface area (Å²) in [7, 11) is 0. The van der Waals surface area contributed by atoms with Crippen LogP contribution in [0.4, 0.5) is 13.2 Å². The molecule has 1 aromatic carbocycles. The summed E-state index contributed by atoms with van der Waals surface area (Å²) in [6, 6.07) is 9.89. The maximum Gasteiger partial charge on any atom is 0.452 e. The summed E-state index contributed by atoms with van der Waals surface area (Å²) in [6.07, 6.45) is -0.599. The number of halogens is 3. The van der Waals surface area contributed by atoms with Crippen LogP contribution in [0, 0.1) is 0 Å². The van der Waals surface area contributed by atoms with Gasteiger partial charge in [-0.2, -0.15) is 13.2 Å². The van der Waals surface area contributed by atoms with Crippen LogP contribution in [0.25, 0.3) is 0 Å². The van der Waals surface area contributed by atoms with Gasteiger partial charge in [-0.15, -0.1) is 6.58 Å². The van der Waals surface area contributed by atoms with Gasteiger partial charge < -0.3 is 9.47 Å². The topological polar surface area (TPSA) is 69.7 Å². The van der Waals surface area contributed by atoms with Crippen LogP contribution in [0.2, 0.25) is 0 Å². The summed E-state index contributed by atoms with van der Waals surface area (Å²) >= 11 is 0. The standard InChI is InChI=1S/C21H21F3N2O4/c1-3-11-30-26-20(27)18-13-16(9-10-25-18)12-15-5-7-17(8-6-15)29-14-19(28-4-2)21(22,23)24/h3,5-10,13-14H,1,4,11-12H2,2H3,(H,26,27)/b19-14-. The first-order valence-corrected chi connectivity index (χ1v) is 8.97. The number of nitrogens with zero attached hydrogens (tertiary/aromatic N) is 1. The number of benzene rings is 1. The van der Waals surface area contributed by atoms with Crippen LogP contribution in [-0.2, 0) is 16.0 Å². The van der Waals surface area contributed by atoms with Gasteiger partial charge in [0.25, 0.3) is 5.91 Å². The first-order chi connectivity index (χ1) is 14.3. The molecule has 1 aromatic heterocycles. The quantitative estimate of drug-likeness (QED) is 0.267. The zero-order valence-electron chi connectivity index (χ0n) is 16.2. The normalized spacial score (nSPS) is 11.7. The van der Waals surface area contributed by atoms with E-state index in [-0.39, 0.29) is 24.7 Å². The van der Waals surface area contributed by atoms with Gasteiger partial charge >= 0.3 is 6.18 Å². The van der Waals surface area contributed by atoms with Crippen LogP contribution >= 0.6 is 0 Å². The number of ether oxygens (including phenoxy) is 2. The maximum atomic E-state index is 12.8. The molecule has 0 unspecified atom stereocenters. The molecule has 160 valence electrons. The summed E-state index contributed by atoms with van der Waals surface area (Å²) in [5.74, 6) is -1.45. The number of aromatic nitrogens is 1. The fraction of sp³-hybridized carbons (Fsp3) is 0.238. The predicted octanol–water partition coefficient (Wildman–Crippen LogP) is 4.34. The lowest BCUT2D eigenvalue weighted by molar-refractivity contribution is -0.132. The minimum atomic E-state index is -4.63. The van der Waals surface area contributed by atoms with E-state index in [1.54, 1.807) is 36.4 Å². The highest BCUT2D eigenvalue weighted by Gasteiger charge is 2.36. The largest absolute Gasteiger partial charge is 0.487 e. The molecule has 0 saturated heterocycles. The number of alkyl halides is 3. The summed E-state index contributed by atoms with van der Waals surface area (Å²) < 4.78 is 47.9. The zero-order chi connectivity index (χ0) is 22.0. The van der Waals surface area contributed by atoms with Crippen molar-refractivity contribution in [2.75, 3.05) is 13.2 Å². The van der Waals surface area contributed by atoms with Crippen LogP contribution in [0.15, 0.2) is 67.3 Å². The molecule has 0 aliphatic carbocycles. The average molecular weight is 422 g/mol. The van der Waals surface area contributed by atoms with Gasteiger partial charge in [0.15, 0.2) is 0 Å². The molecule has 0 fully saturated rings. The van der Waals surface area contributed by atoms with E-state index in [1.807, 2.05) is 0 Å². The molecule has 0 aliphatic rings. The second-order valence-electron chi connectivity index (χ2n) is 5.93. The van der Waals surface area contributed by atoms with Crippen molar-refractivity contribution >= 4 is 5.91 Å². The molecule has 1 N–H and O–H groups in total. The van der Waals surface area contributed by atoms with Crippen LogP contribution in [0.3, 0.4) is 0 Å². The summed E-state index contributed by atoms with van der Waals surface area (Å²) in [5.41, 5.74) is 4.14. The Morgan fingerprint density at radius 3 is 2.57 bits per heavy atom. The van der Waals surface area contributed by atoms with E-state index in [0.29, 0.717) is 12.7 Å². The molecule has 6 nitrogen and oxygen atoms in total. The third-order valence-electron chi connectivity index (χ3n) is 3.64. The van der Waals surface area contributed by atoms with Gasteiger partial charge in [0.05, 0.1) is 13.2 Å². The maximum absolute atomic E-state index is 12.8. The number of pyridine rings is 1. The molecule has 0 bridgehead atoms. The Morgan fingerprint density at radius 1 is 1.20 bits per heavy atom. The lowest BCUT2D eigenvalue weighted by atomic mass is 10.1. The number of nitrogens with one attached hydrogen (secondary N) is 1. The number of carbonyl (C=O) groups is 1. The van der Waals surface area contributed by atoms with Gasteiger partial charge in [-0.3, -0.25) is 14.6 Å². The van der Waals surface area contributed by atoms with E-state index in [9.17, 15) is 18.0 Å². The molecule has 0 radical (unpaired) electrons. The first-order valence-electron chi connectivity index (χ1n) is 8.97. The van der Waals surface area contributed by atoms with Gasteiger partial charge in [-0.05, 0) is 48.7 Å². The van der Waals surface area contributed by atoms with Gasteiger partial charge in [0.1, 0.15) is 17.7 Å². The minimum Gasteiger partial charge on any atom is -0.487 e. The molecular formula is C21H21F3N2O4. The van der Waals surface area contributed by atoms with Gasteiger partial charge in [-0.25, -0.2) is 5.48 Å². The summed E-state index contributed by atoms with van der Waals surface area (Å²) in [4.78, 5) is 20.9. The fourth-order valence-electron chi connectivity index (χ4n) is 2.31.